The van der Waals surface area contributed by atoms with Crippen molar-refractivity contribution >= 4 is 0 Å². The van der Waals surface area contributed by atoms with E-state index in [1.807, 2.05) is 0 Å². The van der Waals surface area contributed by atoms with Crippen molar-refractivity contribution in [2.24, 2.45) is 0 Å². The molecule has 1 heterocycles. The molecule has 1 fully saturated rings. The molecule has 0 amide bonds. The van der Waals surface area contributed by atoms with Crippen LogP contribution in [0.1, 0.15) is 48.9 Å². The van der Waals surface area contributed by atoms with Crippen LogP contribution in [0.15, 0.2) is 6.20 Å². The number of rotatable bonds is 5. The van der Waals surface area contributed by atoms with E-state index in [0.717, 1.165) is 25.7 Å². The lowest BCUT2D eigenvalue weighted by molar-refractivity contribution is 0.00461. The number of nitrogens with zero attached hydrogens (tertiary/aromatic N) is 1. The molecule has 0 radical (unpaired) electrons. The van der Waals surface area contributed by atoms with Crippen molar-refractivity contribution in [2.75, 3.05) is 6.54 Å². The maximum Gasteiger partial charge on any atom is 0.141 e. The molecule has 2 rings (SSSR count). The van der Waals surface area contributed by atoms with Crippen LogP contribution in [0.5, 0.6) is 5.75 Å². The first kappa shape index (κ1) is 15.2. The van der Waals surface area contributed by atoms with Crippen LogP contribution in [0.25, 0.3) is 0 Å². The summed E-state index contributed by atoms with van der Waals surface area (Å²) in [5.41, 5.74) is 1.21. The number of hydrogen-bond acceptors (Lipinski definition) is 5. The molecule has 1 saturated carbocycles. The summed E-state index contributed by atoms with van der Waals surface area (Å²) in [6.07, 6.45) is 6.57. The number of nitrogens with one attached hydrogen (secondary N) is 1. The first-order valence-electron chi connectivity index (χ1n) is 7.26. The summed E-state index contributed by atoms with van der Waals surface area (Å²) in [6.45, 7) is 2.52. The molecule has 0 unspecified atom stereocenters. The Hall–Kier alpha value is -1.17. The van der Waals surface area contributed by atoms with Crippen molar-refractivity contribution < 1.29 is 15.3 Å². The van der Waals surface area contributed by atoms with Crippen LogP contribution < -0.4 is 5.32 Å². The Kier molecular flexibility index (Phi) is 4.96. The van der Waals surface area contributed by atoms with Gasteiger partial charge in [-0.2, -0.15) is 0 Å². The van der Waals surface area contributed by atoms with Crippen LogP contribution >= 0.6 is 0 Å². The number of aromatic hydroxyl groups is 1. The largest absolute Gasteiger partial charge is 0.506 e. The molecular weight excluding hydrogens is 256 g/mol. The van der Waals surface area contributed by atoms with E-state index < -0.39 is 5.60 Å². The minimum atomic E-state index is -0.630. The summed E-state index contributed by atoms with van der Waals surface area (Å²) >= 11 is 0. The Morgan fingerprint density at radius 1 is 1.30 bits per heavy atom. The van der Waals surface area contributed by atoms with Gasteiger partial charge in [0, 0.05) is 30.4 Å². The fourth-order valence-electron chi connectivity index (χ4n) is 2.82. The smallest absolute Gasteiger partial charge is 0.141 e. The average Bonchev–Trinajstić information content (AvgIpc) is 2.44. The Labute approximate surface area is 119 Å². The molecule has 0 bridgehead atoms. The van der Waals surface area contributed by atoms with Crippen LogP contribution in [0, 0.1) is 6.92 Å². The second-order valence-corrected chi connectivity index (χ2v) is 5.74. The third-order valence-corrected chi connectivity index (χ3v) is 4.14. The molecule has 1 aromatic rings. The van der Waals surface area contributed by atoms with E-state index in [2.05, 4.69) is 10.3 Å². The van der Waals surface area contributed by atoms with Crippen molar-refractivity contribution in [3.8, 4) is 5.75 Å². The second kappa shape index (κ2) is 6.52. The van der Waals surface area contributed by atoms with Crippen molar-refractivity contribution in [2.45, 2.75) is 57.8 Å². The van der Waals surface area contributed by atoms with E-state index in [1.54, 1.807) is 13.1 Å². The number of pyridine rings is 1. The normalized spacial score (nSPS) is 18.1. The van der Waals surface area contributed by atoms with Gasteiger partial charge in [0.15, 0.2) is 0 Å². The van der Waals surface area contributed by atoms with Crippen molar-refractivity contribution in [1.29, 1.82) is 0 Å². The van der Waals surface area contributed by atoms with Crippen molar-refractivity contribution in [1.82, 2.24) is 10.3 Å². The van der Waals surface area contributed by atoms with E-state index in [4.69, 9.17) is 0 Å². The molecule has 1 aromatic heterocycles. The summed E-state index contributed by atoms with van der Waals surface area (Å²) in [5, 5.41) is 33.0. The lowest BCUT2D eigenvalue weighted by atomic mass is 9.85. The van der Waals surface area contributed by atoms with Gasteiger partial charge in [0.2, 0.25) is 0 Å². The van der Waals surface area contributed by atoms with Gasteiger partial charge in [0.1, 0.15) is 5.75 Å². The standard InChI is InChI=1S/C15H24N2O3/c1-11-14(19)13(12(9-18)7-17-11)8-16-10-15(20)5-3-2-4-6-15/h7,16,18-20H,2-6,8-10H2,1H3. The van der Waals surface area contributed by atoms with E-state index in [1.165, 1.54) is 6.42 Å². The SMILES string of the molecule is Cc1ncc(CO)c(CNCC2(O)CCCCC2)c1O. The van der Waals surface area contributed by atoms with Crippen LogP contribution in [0.3, 0.4) is 0 Å². The molecule has 5 nitrogen and oxygen atoms in total. The zero-order valence-electron chi connectivity index (χ0n) is 12.0. The highest BCUT2D eigenvalue weighted by Gasteiger charge is 2.28. The average molecular weight is 280 g/mol. The Morgan fingerprint density at radius 2 is 2.00 bits per heavy atom. The maximum absolute atomic E-state index is 10.4. The molecule has 4 N–H and O–H groups in total. The molecule has 5 heteroatoms. The maximum atomic E-state index is 10.4. The molecule has 20 heavy (non-hydrogen) atoms. The number of aliphatic hydroxyl groups is 2. The summed E-state index contributed by atoms with van der Waals surface area (Å²) in [6, 6.07) is 0. The lowest BCUT2D eigenvalue weighted by Gasteiger charge is -2.32. The zero-order chi connectivity index (χ0) is 14.6. The zero-order valence-corrected chi connectivity index (χ0v) is 12.0. The van der Waals surface area contributed by atoms with Crippen LogP contribution in [-0.2, 0) is 13.2 Å². The molecule has 1 aliphatic rings. The summed E-state index contributed by atoms with van der Waals surface area (Å²) < 4.78 is 0. The third-order valence-electron chi connectivity index (χ3n) is 4.14. The molecule has 0 saturated heterocycles. The molecule has 1 aliphatic carbocycles. The number of hydrogen-bond donors (Lipinski definition) is 4. The Balaban J connectivity index is 1.98. The fourth-order valence-corrected chi connectivity index (χ4v) is 2.82. The molecular formula is C15H24N2O3. The first-order chi connectivity index (χ1) is 9.56. The molecule has 0 atom stereocenters. The lowest BCUT2D eigenvalue weighted by Crippen LogP contribution is -2.42. The van der Waals surface area contributed by atoms with Crippen molar-refractivity contribution in [3.05, 3.63) is 23.0 Å². The Morgan fingerprint density at radius 3 is 2.65 bits per heavy atom. The third kappa shape index (κ3) is 3.48. The highest BCUT2D eigenvalue weighted by molar-refractivity contribution is 5.40. The summed E-state index contributed by atoms with van der Waals surface area (Å²) in [5.74, 6) is 0.125. The first-order valence-corrected chi connectivity index (χ1v) is 7.26. The summed E-state index contributed by atoms with van der Waals surface area (Å²) in [7, 11) is 0. The molecule has 0 spiro atoms. The van der Waals surface area contributed by atoms with Crippen LogP contribution in [0.2, 0.25) is 0 Å². The predicted molar refractivity (Wildman–Crippen MR) is 76.3 cm³/mol. The predicted octanol–water partition coefficient (Wildman–Crippen LogP) is 1.37. The quantitative estimate of drug-likeness (QED) is 0.654. The van der Waals surface area contributed by atoms with Crippen molar-refractivity contribution in [3.63, 3.8) is 0 Å². The van der Waals surface area contributed by atoms with Gasteiger partial charge in [-0.15, -0.1) is 0 Å². The molecule has 0 aliphatic heterocycles. The second-order valence-electron chi connectivity index (χ2n) is 5.74. The van der Waals surface area contributed by atoms with E-state index in [0.29, 0.717) is 29.9 Å². The minimum Gasteiger partial charge on any atom is -0.506 e. The van der Waals surface area contributed by atoms with E-state index in [9.17, 15) is 15.3 Å². The Bertz CT molecular complexity index is 457. The van der Waals surface area contributed by atoms with Crippen LogP contribution in [-0.4, -0.2) is 32.4 Å². The number of aryl methyl sites for hydroxylation is 1. The van der Waals surface area contributed by atoms with Crippen LogP contribution in [0.4, 0.5) is 0 Å². The topological polar surface area (TPSA) is 85.6 Å². The highest BCUT2D eigenvalue weighted by Crippen LogP contribution is 2.28. The van der Waals surface area contributed by atoms with Gasteiger partial charge in [-0.1, -0.05) is 19.3 Å². The van der Waals surface area contributed by atoms with Gasteiger partial charge < -0.3 is 20.6 Å². The van der Waals surface area contributed by atoms with E-state index in [-0.39, 0.29) is 12.4 Å². The van der Waals surface area contributed by atoms with Gasteiger partial charge in [-0.25, -0.2) is 0 Å². The van der Waals surface area contributed by atoms with Gasteiger partial charge in [0.25, 0.3) is 0 Å². The molecule has 0 aromatic carbocycles. The van der Waals surface area contributed by atoms with Gasteiger partial charge in [0.05, 0.1) is 17.9 Å². The highest BCUT2D eigenvalue weighted by atomic mass is 16.3. The number of aliphatic hydroxyl groups excluding tert-OH is 1. The van der Waals surface area contributed by atoms with E-state index >= 15 is 0 Å². The minimum absolute atomic E-state index is 0.125. The van der Waals surface area contributed by atoms with Gasteiger partial charge in [-0.05, 0) is 19.8 Å². The van der Waals surface area contributed by atoms with Gasteiger partial charge >= 0.3 is 0 Å². The summed E-state index contributed by atoms with van der Waals surface area (Å²) in [4.78, 5) is 4.03. The van der Waals surface area contributed by atoms with Gasteiger partial charge in [-0.3, -0.25) is 4.98 Å². The molecule has 112 valence electrons. The number of aromatic nitrogens is 1. The fraction of sp³-hybridized carbons (Fsp3) is 0.667. The monoisotopic (exact) mass is 280 g/mol.